The van der Waals surface area contributed by atoms with Crippen molar-refractivity contribution in [3.63, 3.8) is 0 Å². The Bertz CT molecular complexity index is 551. The van der Waals surface area contributed by atoms with Gasteiger partial charge in [0.05, 0.1) is 17.0 Å². The highest BCUT2D eigenvalue weighted by Gasteiger charge is 2.32. The van der Waals surface area contributed by atoms with Gasteiger partial charge in [0, 0.05) is 13.2 Å². The second-order valence-electron chi connectivity index (χ2n) is 5.50. The topological polar surface area (TPSA) is 67.4 Å². The maximum Gasteiger partial charge on any atom is 0.241 e. The Kier molecular flexibility index (Phi) is 4.80. The first-order valence-corrected chi connectivity index (χ1v) is 8.29. The Morgan fingerprint density at radius 2 is 2.20 bits per heavy atom. The first-order chi connectivity index (χ1) is 9.45. The summed E-state index contributed by atoms with van der Waals surface area (Å²) in [4.78, 5) is 0.303. The van der Waals surface area contributed by atoms with E-state index in [9.17, 15) is 8.42 Å². The Hall–Kier alpha value is -0.950. The lowest BCUT2D eigenvalue weighted by atomic mass is 9.97. The SMILES string of the molecule is CNCc1cccc(S(=O)(=O)NC2(C)CCCOC2)c1. The van der Waals surface area contributed by atoms with E-state index in [0.717, 1.165) is 18.4 Å². The number of ether oxygens (including phenoxy) is 1. The molecule has 1 aliphatic heterocycles. The van der Waals surface area contributed by atoms with Gasteiger partial charge in [0.15, 0.2) is 0 Å². The summed E-state index contributed by atoms with van der Waals surface area (Å²) in [6.07, 6.45) is 1.67. The monoisotopic (exact) mass is 298 g/mol. The quantitative estimate of drug-likeness (QED) is 0.858. The molecule has 6 heteroatoms. The van der Waals surface area contributed by atoms with E-state index >= 15 is 0 Å². The van der Waals surface area contributed by atoms with Crippen molar-refractivity contribution in [3.8, 4) is 0 Å². The van der Waals surface area contributed by atoms with Crippen LogP contribution in [0.3, 0.4) is 0 Å². The molecule has 1 heterocycles. The number of sulfonamides is 1. The molecule has 5 nitrogen and oxygen atoms in total. The Morgan fingerprint density at radius 3 is 2.85 bits per heavy atom. The molecule has 1 atom stereocenters. The summed E-state index contributed by atoms with van der Waals surface area (Å²) in [6, 6.07) is 6.99. The molecular weight excluding hydrogens is 276 g/mol. The van der Waals surface area contributed by atoms with Gasteiger partial charge in [-0.25, -0.2) is 13.1 Å². The van der Waals surface area contributed by atoms with Gasteiger partial charge in [0.1, 0.15) is 0 Å². The van der Waals surface area contributed by atoms with Crippen LogP contribution in [0.4, 0.5) is 0 Å². The molecule has 1 aromatic rings. The second kappa shape index (κ2) is 6.22. The maximum atomic E-state index is 12.5. The van der Waals surface area contributed by atoms with Crippen LogP contribution in [0.15, 0.2) is 29.2 Å². The van der Waals surface area contributed by atoms with E-state index in [1.54, 1.807) is 18.2 Å². The summed E-state index contributed by atoms with van der Waals surface area (Å²) in [7, 11) is -1.68. The standard InChI is InChI=1S/C14H22N2O3S/c1-14(7-4-8-19-11-14)16-20(17,18)13-6-3-5-12(9-13)10-15-2/h3,5-6,9,15-16H,4,7-8,10-11H2,1-2H3. The zero-order valence-electron chi connectivity index (χ0n) is 12.0. The van der Waals surface area contributed by atoms with Crippen LogP contribution >= 0.6 is 0 Å². The lowest BCUT2D eigenvalue weighted by Crippen LogP contribution is -2.51. The molecule has 20 heavy (non-hydrogen) atoms. The van der Waals surface area contributed by atoms with Gasteiger partial charge >= 0.3 is 0 Å². The molecule has 1 fully saturated rings. The highest BCUT2D eigenvalue weighted by Crippen LogP contribution is 2.22. The molecule has 0 spiro atoms. The Balaban J connectivity index is 2.19. The van der Waals surface area contributed by atoms with Gasteiger partial charge in [-0.15, -0.1) is 0 Å². The average Bonchev–Trinajstić information content (AvgIpc) is 2.39. The molecule has 0 bridgehead atoms. The van der Waals surface area contributed by atoms with Crippen molar-refractivity contribution in [3.05, 3.63) is 29.8 Å². The van der Waals surface area contributed by atoms with Gasteiger partial charge in [-0.05, 0) is 44.5 Å². The predicted octanol–water partition coefficient (Wildman–Crippen LogP) is 1.25. The second-order valence-corrected chi connectivity index (χ2v) is 7.18. The summed E-state index contributed by atoms with van der Waals surface area (Å²) in [5.41, 5.74) is 0.427. The van der Waals surface area contributed by atoms with Crippen molar-refractivity contribution in [2.24, 2.45) is 0 Å². The molecule has 0 saturated carbocycles. The van der Waals surface area contributed by atoms with Crippen molar-refractivity contribution >= 4 is 10.0 Å². The van der Waals surface area contributed by atoms with Crippen LogP contribution in [0, 0.1) is 0 Å². The van der Waals surface area contributed by atoms with Crippen molar-refractivity contribution < 1.29 is 13.2 Å². The summed E-state index contributed by atoms with van der Waals surface area (Å²) < 4.78 is 33.1. The van der Waals surface area contributed by atoms with Crippen molar-refractivity contribution in [2.75, 3.05) is 20.3 Å². The fourth-order valence-electron chi connectivity index (χ4n) is 2.42. The first kappa shape index (κ1) is 15.4. The number of hydrogen-bond acceptors (Lipinski definition) is 4. The Labute approximate surface area is 120 Å². The number of rotatable bonds is 5. The minimum absolute atomic E-state index is 0.303. The zero-order chi connectivity index (χ0) is 14.6. The predicted molar refractivity (Wildman–Crippen MR) is 78.0 cm³/mol. The summed E-state index contributed by atoms with van der Waals surface area (Å²) >= 11 is 0. The van der Waals surface area contributed by atoms with Gasteiger partial charge < -0.3 is 10.1 Å². The smallest absolute Gasteiger partial charge is 0.241 e. The van der Waals surface area contributed by atoms with Crippen LogP contribution in [0.25, 0.3) is 0 Å². The van der Waals surface area contributed by atoms with Crippen LogP contribution in [0.1, 0.15) is 25.3 Å². The normalized spacial score (nSPS) is 23.7. The van der Waals surface area contributed by atoms with Crippen molar-refractivity contribution in [1.82, 2.24) is 10.0 Å². The van der Waals surface area contributed by atoms with E-state index in [2.05, 4.69) is 10.0 Å². The molecule has 2 N–H and O–H groups in total. The van der Waals surface area contributed by atoms with Gasteiger partial charge in [0.25, 0.3) is 0 Å². The molecule has 112 valence electrons. The molecule has 2 rings (SSSR count). The van der Waals surface area contributed by atoms with E-state index < -0.39 is 15.6 Å². The molecule has 0 radical (unpaired) electrons. The first-order valence-electron chi connectivity index (χ1n) is 6.80. The third kappa shape index (κ3) is 3.79. The molecule has 1 aromatic carbocycles. The van der Waals surface area contributed by atoms with Crippen LogP contribution in [-0.4, -0.2) is 34.2 Å². The molecule has 0 amide bonds. The summed E-state index contributed by atoms with van der Waals surface area (Å²) in [6.45, 7) is 3.66. The molecule has 0 aromatic heterocycles. The van der Waals surface area contributed by atoms with Crippen molar-refractivity contribution in [1.29, 1.82) is 0 Å². The van der Waals surface area contributed by atoms with Gasteiger partial charge in [-0.2, -0.15) is 0 Å². The van der Waals surface area contributed by atoms with E-state index in [-0.39, 0.29) is 0 Å². The zero-order valence-corrected chi connectivity index (χ0v) is 12.8. The molecule has 1 unspecified atom stereocenters. The molecular formula is C14H22N2O3S. The fraction of sp³-hybridized carbons (Fsp3) is 0.571. The third-order valence-electron chi connectivity index (χ3n) is 3.41. The molecule has 1 saturated heterocycles. The van der Waals surface area contributed by atoms with Crippen LogP contribution < -0.4 is 10.0 Å². The van der Waals surface area contributed by atoms with E-state index in [0.29, 0.717) is 24.7 Å². The number of benzene rings is 1. The maximum absolute atomic E-state index is 12.5. The third-order valence-corrected chi connectivity index (χ3v) is 5.04. The van der Waals surface area contributed by atoms with E-state index in [4.69, 9.17) is 4.74 Å². The molecule has 0 aliphatic carbocycles. The fourth-order valence-corrected chi connectivity index (χ4v) is 3.92. The average molecular weight is 298 g/mol. The van der Waals surface area contributed by atoms with Crippen LogP contribution in [-0.2, 0) is 21.3 Å². The van der Waals surface area contributed by atoms with Crippen LogP contribution in [0.5, 0.6) is 0 Å². The van der Waals surface area contributed by atoms with Crippen molar-refractivity contribution in [2.45, 2.75) is 36.7 Å². The minimum Gasteiger partial charge on any atom is -0.380 e. The number of hydrogen-bond donors (Lipinski definition) is 2. The lowest BCUT2D eigenvalue weighted by molar-refractivity contribution is 0.0386. The van der Waals surface area contributed by atoms with Gasteiger partial charge in [-0.1, -0.05) is 12.1 Å². The largest absolute Gasteiger partial charge is 0.380 e. The van der Waals surface area contributed by atoms with E-state index in [1.165, 1.54) is 0 Å². The Morgan fingerprint density at radius 1 is 1.40 bits per heavy atom. The van der Waals surface area contributed by atoms with Crippen LogP contribution in [0.2, 0.25) is 0 Å². The highest BCUT2D eigenvalue weighted by atomic mass is 32.2. The summed E-state index contributed by atoms with van der Waals surface area (Å²) in [5, 5.41) is 3.02. The highest BCUT2D eigenvalue weighted by molar-refractivity contribution is 7.89. The minimum atomic E-state index is -3.52. The summed E-state index contributed by atoms with van der Waals surface area (Å²) in [5.74, 6) is 0. The lowest BCUT2D eigenvalue weighted by Gasteiger charge is -2.33. The number of nitrogens with one attached hydrogen (secondary N) is 2. The van der Waals surface area contributed by atoms with E-state index in [1.807, 2.05) is 20.0 Å². The molecule has 1 aliphatic rings. The van der Waals surface area contributed by atoms with Gasteiger partial charge in [0.2, 0.25) is 10.0 Å². The van der Waals surface area contributed by atoms with Gasteiger partial charge in [-0.3, -0.25) is 0 Å².